The summed E-state index contributed by atoms with van der Waals surface area (Å²) in [6, 6.07) is 23.9. The van der Waals surface area contributed by atoms with Gasteiger partial charge in [0.1, 0.15) is 11.5 Å². The number of nitrogens with one attached hydrogen (secondary N) is 2. The molecule has 9 heteroatoms. The third kappa shape index (κ3) is 7.30. The Morgan fingerprint density at radius 3 is 2.19 bits per heavy atom. The van der Waals surface area contributed by atoms with Crippen LogP contribution in [0.4, 0.5) is 10.1 Å². The molecule has 2 N–H and O–H groups in total. The number of amides is 2. The molecular formula is C33H26ClFN2O5. The van der Waals surface area contributed by atoms with Crippen LogP contribution in [0, 0.1) is 5.82 Å². The number of rotatable bonds is 10. The Morgan fingerprint density at radius 2 is 1.52 bits per heavy atom. The van der Waals surface area contributed by atoms with E-state index in [1.54, 1.807) is 66.7 Å². The second-order valence-electron chi connectivity index (χ2n) is 8.83. The van der Waals surface area contributed by atoms with Crippen molar-refractivity contribution in [2.45, 2.75) is 0 Å². The molecule has 7 nitrogen and oxygen atoms in total. The van der Waals surface area contributed by atoms with Crippen LogP contribution in [-0.4, -0.2) is 31.8 Å². The van der Waals surface area contributed by atoms with Gasteiger partial charge in [0.15, 0.2) is 17.3 Å². The standard InChI is InChI=1S/C33H26ClFN2O5/c1-41-30-13-6-10-22(31(30)42-2)16-19-29(38)21-14-17-24(18-15-21)36-33(40)28(20-25-26(34)11-7-12-27(25)35)37-32(39)23-8-4-3-5-9-23/h3-20H,1-2H3,(H,36,40)(H,37,39)/b19-16+,28-20-. The molecule has 0 aliphatic rings. The Hall–Kier alpha value is -5.21. The minimum Gasteiger partial charge on any atom is -0.493 e. The van der Waals surface area contributed by atoms with E-state index in [-0.39, 0.29) is 22.1 Å². The first-order valence-electron chi connectivity index (χ1n) is 12.7. The maximum Gasteiger partial charge on any atom is 0.272 e. The molecule has 0 spiro atoms. The SMILES string of the molecule is COc1cccc(/C=C/C(=O)c2ccc(NC(=O)/C(=C/c3c(F)cccc3Cl)NC(=O)c3ccccc3)cc2)c1OC. The van der Waals surface area contributed by atoms with Crippen LogP contribution in [0.5, 0.6) is 11.5 Å². The van der Waals surface area contributed by atoms with Crippen molar-refractivity contribution in [3.05, 3.63) is 136 Å². The molecule has 2 amide bonds. The summed E-state index contributed by atoms with van der Waals surface area (Å²) < 4.78 is 25.2. The first kappa shape index (κ1) is 29.8. The zero-order valence-corrected chi connectivity index (χ0v) is 23.4. The van der Waals surface area contributed by atoms with Crippen molar-refractivity contribution in [3.63, 3.8) is 0 Å². The molecule has 0 fully saturated rings. The fraction of sp³-hybridized carbons (Fsp3) is 0.0606. The van der Waals surface area contributed by atoms with Crippen molar-refractivity contribution in [1.29, 1.82) is 0 Å². The molecule has 0 aliphatic carbocycles. The third-order valence-electron chi connectivity index (χ3n) is 6.09. The lowest BCUT2D eigenvalue weighted by atomic mass is 10.1. The number of carbonyl (C=O) groups excluding carboxylic acids is 3. The summed E-state index contributed by atoms with van der Waals surface area (Å²) in [6.45, 7) is 0. The van der Waals surface area contributed by atoms with Gasteiger partial charge < -0.3 is 20.1 Å². The monoisotopic (exact) mass is 584 g/mol. The summed E-state index contributed by atoms with van der Waals surface area (Å²) in [5, 5.41) is 5.27. The van der Waals surface area contributed by atoms with Crippen LogP contribution in [-0.2, 0) is 4.79 Å². The molecule has 0 radical (unpaired) electrons. The maximum atomic E-state index is 14.5. The molecular weight excluding hydrogens is 559 g/mol. The van der Waals surface area contributed by atoms with Crippen molar-refractivity contribution in [1.82, 2.24) is 5.32 Å². The number of benzene rings is 4. The number of ether oxygens (including phenoxy) is 2. The van der Waals surface area contributed by atoms with E-state index in [1.165, 1.54) is 56.7 Å². The highest BCUT2D eigenvalue weighted by molar-refractivity contribution is 6.32. The van der Waals surface area contributed by atoms with Crippen LogP contribution in [0.25, 0.3) is 12.2 Å². The van der Waals surface area contributed by atoms with Crippen LogP contribution in [0.2, 0.25) is 5.02 Å². The molecule has 42 heavy (non-hydrogen) atoms. The Labute approximate surface area is 247 Å². The summed E-state index contributed by atoms with van der Waals surface area (Å²) in [6.07, 6.45) is 4.20. The Kier molecular flexibility index (Phi) is 9.86. The molecule has 4 aromatic rings. The number of para-hydroxylation sites is 1. The van der Waals surface area contributed by atoms with Crippen LogP contribution < -0.4 is 20.1 Å². The van der Waals surface area contributed by atoms with Gasteiger partial charge >= 0.3 is 0 Å². The largest absolute Gasteiger partial charge is 0.493 e. The van der Waals surface area contributed by atoms with E-state index in [0.29, 0.717) is 33.9 Å². The Bertz CT molecular complexity index is 1650. The highest BCUT2D eigenvalue weighted by atomic mass is 35.5. The number of halogens is 2. The van der Waals surface area contributed by atoms with E-state index >= 15 is 0 Å². The molecule has 212 valence electrons. The van der Waals surface area contributed by atoms with E-state index in [4.69, 9.17) is 21.1 Å². The molecule has 0 bridgehead atoms. The van der Waals surface area contributed by atoms with Gasteiger partial charge in [-0.05, 0) is 72.8 Å². The van der Waals surface area contributed by atoms with Gasteiger partial charge in [-0.3, -0.25) is 14.4 Å². The normalized spacial score (nSPS) is 11.2. The van der Waals surface area contributed by atoms with Crippen LogP contribution in [0.15, 0.2) is 103 Å². The zero-order valence-electron chi connectivity index (χ0n) is 22.7. The van der Waals surface area contributed by atoms with Gasteiger partial charge in [-0.25, -0.2) is 4.39 Å². The topological polar surface area (TPSA) is 93.7 Å². The van der Waals surface area contributed by atoms with Gasteiger partial charge in [0, 0.05) is 27.9 Å². The molecule has 0 saturated heterocycles. The van der Waals surface area contributed by atoms with Gasteiger partial charge in [-0.2, -0.15) is 0 Å². The van der Waals surface area contributed by atoms with Crippen LogP contribution in [0.3, 0.4) is 0 Å². The molecule has 0 aliphatic heterocycles. The van der Waals surface area contributed by atoms with Gasteiger partial charge in [-0.1, -0.05) is 48.0 Å². The average molecular weight is 585 g/mol. The lowest BCUT2D eigenvalue weighted by Gasteiger charge is -2.12. The molecule has 0 heterocycles. The van der Waals surface area contributed by atoms with E-state index in [0.717, 1.165) is 0 Å². The summed E-state index contributed by atoms with van der Waals surface area (Å²) in [7, 11) is 3.05. The number of ketones is 1. The number of methoxy groups -OCH3 is 2. The molecule has 4 rings (SSSR count). The Balaban J connectivity index is 1.53. The molecule has 4 aromatic carbocycles. The fourth-order valence-electron chi connectivity index (χ4n) is 3.96. The minimum absolute atomic E-state index is 0.0573. The van der Waals surface area contributed by atoms with Crippen LogP contribution in [0.1, 0.15) is 31.8 Å². The molecule has 0 unspecified atom stereocenters. The highest BCUT2D eigenvalue weighted by Crippen LogP contribution is 2.31. The van der Waals surface area contributed by atoms with Gasteiger partial charge in [0.25, 0.3) is 11.8 Å². The van der Waals surface area contributed by atoms with Gasteiger partial charge in [-0.15, -0.1) is 0 Å². The van der Waals surface area contributed by atoms with E-state index in [1.807, 2.05) is 0 Å². The number of anilines is 1. The Morgan fingerprint density at radius 1 is 0.810 bits per heavy atom. The number of allylic oxidation sites excluding steroid dienone is 1. The average Bonchev–Trinajstić information content (AvgIpc) is 3.01. The van der Waals surface area contributed by atoms with Crippen molar-refractivity contribution in [3.8, 4) is 11.5 Å². The smallest absolute Gasteiger partial charge is 0.272 e. The minimum atomic E-state index is -0.720. The second kappa shape index (κ2) is 13.9. The molecule has 0 saturated carbocycles. The summed E-state index contributed by atoms with van der Waals surface area (Å²) >= 11 is 6.16. The van der Waals surface area contributed by atoms with Crippen molar-refractivity contribution in [2.24, 2.45) is 0 Å². The highest BCUT2D eigenvalue weighted by Gasteiger charge is 2.17. The van der Waals surface area contributed by atoms with E-state index in [9.17, 15) is 18.8 Å². The summed E-state index contributed by atoms with van der Waals surface area (Å²) in [5.41, 5.74) is 1.40. The quantitative estimate of drug-likeness (QED) is 0.158. The fourth-order valence-corrected chi connectivity index (χ4v) is 4.17. The number of carbonyl (C=O) groups is 3. The molecule has 0 aromatic heterocycles. The lowest BCUT2D eigenvalue weighted by molar-refractivity contribution is -0.113. The van der Waals surface area contributed by atoms with E-state index < -0.39 is 17.6 Å². The van der Waals surface area contributed by atoms with Gasteiger partial charge in [0.05, 0.1) is 19.2 Å². The molecule has 0 atom stereocenters. The van der Waals surface area contributed by atoms with Crippen molar-refractivity contribution >= 4 is 47.0 Å². The predicted molar refractivity (Wildman–Crippen MR) is 161 cm³/mol. The number of hydrogen-bond donors (Lipinski definition) is 2. The van der Waals surface area contributed by atoms with Crippen molar-refractivity contribution < 1.29 is 28.2 Å². The summed E-state index contributed by atoms with van der Waals surface area (Å²) in [4.78, 5) is 38.8. The predicted octanol–water partition coefficient (Wildman–Crippen LogP) is 6.80. The van der Waals surface area contributed by atoms with Crippen molar-refractivity contribution in [2.75, 3.05) is 19.5 Å². The maximum absolute atomic E-state index is 14.5. The van der Waals surface area contributed by atoms with Crippen LogP contribution >= 0.6 is 11.6 Å². The lowest BCUT2D eigenvalue weighted by Crippen LogP contribution is -2.30. The number of hydrogen-bond acceptors (Lipinski definition) is 5. The zero-order chi connectivity index (χ0) is 30.1. The van der Waals surface area contributed by atoms with Gasteiger partial charge in [0.2, 0.25) is 0 Å². The first-order chi connectivity index (χ1) is 20.3. The van der Waals surface area contributed by atoms with E-state index in [2.05, 4.69) is 10.6 Å². The first-order valence-corrected chi connectivity index (χ1v) is 13.1. The third-order valence-corrected chi connectivity index (χ3v) is 6.42. The summed E-state index contributed by atoms with van der Waals surface area (Å²) in [5.74, 6) is -1.18. The second-order valence-corrected chi connectivity index (χ2v) is 9.23.